The molecule has 0 heterocycles. The highest BCUT2D eigenvalue weighted by molar-refractivity contribution is 7.92. The molecule has 0 aromatic heterocycles. The number of benzene rings is 1. The third kappa shape index (κ3) is 5.21. The molecule has 1 aromatic rings. The number of carbonyl (C=O) groups is 1. The minimum atomic E-state index is -3.40. The van der Waals surface area contributed by atoms with E-state index < -0.39 is 10.0 Å². The smallest absolute Gasteiger partial charge is 0.253 e. The van der Waals surface area contributed by atoms with Crippen LogP contribution in [0.4, 0.5) is 5.69 Å². The lowest BCUT2D eigenvalue weighted by molar-refractivity contribution is 0.0950. The second kappa shape index (κ2) is 7.28. The molecule has 0 atom stereocenters. The zero-order valence-electron chi connectivity index (χ0n) is 12.1. The number of hydrogen-bond donors (Lipinski definition) is 2. The largest absolute Gasteiger partial charge is 0.352 e. The summed E-state index contributed by atoms with van der Waals surface area (Å²) in [6.07, 6.45) is 0.525. The molecule has 112 valence electrons. The number of hydrogen-bond acceptors (Lipinski definition) is 3. The summed E-state index contributed by atoms with van der Waals surface area (Å²) in [6.45, 7) is 6.33. The molecule has 6 heteroatoms. The van der Waals surface area contributed by atoms with Crippen molar-refractivity contribution in [3.05, 3.63) is 29.8 Å². The average Bonchev–Trinajstić information content (AvgIpc) is 2.36. The first kappa shape index (κ1) is 16.5. The van der Waals surface area contributed by atoms with Gasteiger partial charge in [0.1, 0.15) is 0 Å². The van der Waals surface area contributed by atoms with Crippen molar-refractivity contribution in [2.75, 3.05) is 17.0 Å². The van der Waals surface area contributed by atoms with Gasteiger partial charge in [-0.25, -0.2) is 8.42 Å². The van der Waals surface area contributed by atoms with Gasteiger partial charge in [0, 0.05) is 6.54 Å². The molecule has 0 saturated heterocycles. The lowest BCUT2D eigenvalue weighted by Crippen LogP contribution is -2.28. The van der Waals surface area contributed by atoms with Gasteiger partial charge in [-0.1, -0.05) is 32.9 Å². The third-order valence-corrected chi connectivity index (χ3v) is 4.06. The highest BCUT2D eigenvalue weighted by atomic mass is 32.2. The second-order valence-corrected chi connectivity index (χ2v) is 6.91. The Kier molecular flexibility index (Phi) is 6.01. The SMILES string of the molecule is CCCS(=O)(=O)Nc1ccccc1C(=O)NCC(C)C. The molecule has 1 amide bonds. The Hall–Kier alpha value is -1.56. The number of sulfonamides is 1. The van der Waals surface area contributed by atoms with Gasteiger partial charge in [0.05, 0.1) is 17.0 Å². The summed E-state index contributed by atoms with van der Waals surface area (Å²) in [5.41, 5.74) is 0.662. The van der Waals surface area contributed by atoms with Crippen LogP contribution in [0.15, 0.2) is 24.3 Å². The predicted octanol–water partition coefficient (Wildman–Crippen LogP) is 2.22. The molecule has 0 bridgehead atoms. The molecule has 0 aliphatic carbocycles. The maximum Gasteiger partial charge on any atom is 0.253 e. The van der Waals surface area contributed by atoms with E-state index in [9.17, 15) is 13.2 Å². The molecule has 2 N–H and O–H groups in total. The quantitative estimate of drug-likeness (QED) is 0.810. The van der Waals surface area contributed by atoms with Crippen molar-refractivity contribution in [3.63, 3.8) is 0 Å². The van der Waals surface area contributed by atoms with Crippen molar-refractivity contribution < 1.29 is 13.2 Å². The van der Waals surface area contributed by atoms with E-state index in [-0.39, 0.29) is 11.7 Å². The van der Waals surface area contributed by atoms with Crippen LogP contribution in [0.2, 0.25) is 0 Å². The summed E-state index contributed by atoms with van der Waals surface area (Å²) >= 11 is 0. The molecular formula is C14H22N2O3S. The first-order valence-electron chi connectivity index (χ1n) is 6.73. The van der Waals surface area contributed by atoms with Crippen LogP contribution in [0.3, 0.4) is 0 Å². The number of carbonyl (C=O) groups excluding carboxylic acids is 1. The molecular weight excluding hydrogens is 276 g/mol. The Morgan fingerprint density at radius 2 is 1.90 bits per heavy atom. The molecule has 0 radical (unpaired) electrons. The van der Waals surface area contributed by atoms with Crippen molar-refractivity contribution >= 4 is 21.6 Å². The van der Waals surface area contributed by atoms with Gasteiger partial charge in [0.15, 0.2) is 0 Å². The molecule has 20 heavy (non-hydrogen) atoms. The monoisotopic (exact) mass is 298 g/mol. The average molecular weight is 298 g/mol. The van der Waals surface area contributed by atoms with Crippen LogP contribution in [-0.4, -0.2) is 26.6 Å². The fraction of sp³-hybridized carbons (Fsp3) is 0.500. The molecule has 0 saturated carbocycles. The van der Waals surface area contributed by atoms with Gasteiger partial charge in [-0.05, 0) is 24.5 Å². The Balaban J connectivity index is 2.91. The van der Waals surface area contributed by atoms with Crippen LogP contribution in [0.25, 0.3) is 0 Å². The minimum Gasteiger partial charge on any atom is -0.352 e. The topological polar surface area (TPSA) is 75.3 Å². The van der Waals surface area contributed by atoms with E-state index in [1.165, 1.54) is 0 Å². The van der Waals surface area contributed by atoms with Gasteiger partial charge in [-0.3, -0.25) is 9.52 Å². The van der Waals surface area contributed by atoms with Crippen LogP contribution >= 0.6 is 0 Å². The minimum absolute atomic E-state index is 0.0367. The normalized spacial score (nSPS) is 11.4. The summed E-state index contributed by atoms with van der Waals surface area (Å²) < 4.78 is 26.1. The number of para-hydroxylation sites is 1. The van der Waals surface area contributed by atoms with Gasteiger partial charge in [0.25, 0.3) is 5.91 Å². The van der Waals surface area contributed by atoms with Gasteiger partial charge in [-0.2, -0.15) is 0 Å². The maximum atomic E-state index is 12.1. The molecule has 0 spiro atoms. The van der Waals surface area contributed by atoms with E-state index in [2.05, 4.69) is 10.0 Å². The fourth-order valence-corrected chi connectivity index (χ4v) is 2.80. The lowest BCUT2D eigenvalue weighted by atomic mass is 10.1. The van der Waals surface area contributed by atoms with Crippen LogP contribution < -0.4 is 10.0 Å². The molecule has 0 fully saturated rings. The molecule has 5 nitrogen and oxygen atoms in total. The summed E-state index contributed by atoms with van der Waals surface area (Å²) in [6, 6.07) is 6.61. The van der Waals surface area contributed by atoms with Crippen LogP contribution in [0, 0.1) is 5.92 Å². The lowest BCUT2D eigenvalue weighted by Gasteiger charge is -2.13. The zero-order valence-corrected chi connectivity index (χ0v) is 13.0. The number of amides is 1. The van der Waals surface area contributed by atoms with E-state index in [4.69, 9.17) is 0 Å². The molecule has 1 rings (SSSR count). The first-order chi connectivity index (χ1) is 9.35. The van der Waals surface area contributed by atoms with Crippen LogP contribution in [0.5, 0.6) is 0 Å². The van der Waals surface area contributed by atoms with Crippen LogP contribution in [0.1, 0.15) is 37.6 Å². The van der Waals surface area contributed by atoms with Gasteiger partial charge >= 0.3 is 0 Å². The third-order valence-electron chi connectivity index (χ3n) is 2.58. The summed E-state index contributed by atoms with van der Waals surface area (Å²) in [5.74, 6) is 0.103. The highest BCUT2D eigenvalue weighted by Gasteiger charge is 2.15. The highest BCUT2D eigenvalue weighted by Crippen LogP contribution is 2.17. The number of nitrogens with one attached hydrogen (secondary N) is 2. The Morgan fingerprint density at radius 3 is 2.50 bits per heavy atom. The molecule has 0 aliphatic heterocycles. The Bertz CT molecular complexity index is 553. The number of anilines is 1. The van der Waals surface area contributed by atoms with Crippen molar-refractivity contribution in [2.45, 2.75) is 27.2 Å². The van der Waals surface area contributed by atoms with E-state index in [0.717, 1.165) is 0 Å². The van der Waals surface area contributed by atoms with Crippen molar-refractivity contribution in [2.24, 2.45) is 5.92 Å². The van der Waals surface area contributed by atoms with E-state index in [0.29, 0.717) is 30.1 Å². The number of rotatable bonds is 7. The fourth-order valence-electron chi connectivity index (χ4n) is 1.65. The van der Waals surface area contributed by atoms with E-state index in [1.54, 1.807) is 31.2 Å². The van der Waals surface area contributed by atoms with Gasteiger partial charge in [-0.15, -0.1) is 0 Å². The molecule has 0 aliphatic rings. The van der Waals surface area contributed by atoms with Crippen LogP contribution in [-0.2, 0) is 10.0 Å². The second-order valence-electron chi connectivity index (χ2n) is 5.07. The van der Waals surface area contributed by atoms with Gasteiger partial charge in [0.2, 0.25) is 10.0 Å². The zero-order chi connectivity index (χ0) is 15.2. The van der Waals surface area contributed by atoms with E-state index in [1.807, 2.05) is 13.8 Å². The van der Waals surface area contributed by atoms with E-state index >= 15 is 0 Å². The van der Waals surface area contributed by atoms with Crippen molar-refractivity contribution in [3.8, 4) is 0 Å². The Labute approximate surface area is 120 Å². The first-order valence-corrected chi connectivity index (χ1v) is 8.38. The Morgan fingerprint density at radius 1 is 1.25 bits per heavy atom. The summed E-state index contributed by atoms with van der Waals surface area (Å²) in [5, 5.41) is 2.78. The molecule has 1 aromatic carbocycles. The standard InChI is InChI=1S/C14H22N2O3S/c1-4-9-20(18,19)16-13-8-6-5-7-12(13)14(17)15-10-11(2)3/h5-8,11,16H,4,9-10H2,1-3H3,(H,15,17). The molecule has 0 unspecified atom stereocenters. The summed E-state index contributed by atoms with van der Waals surface area (Å²) in [7, 11) is -3.40. The predicted molar refractivity (Wildman–Crippen MR) is 81.3 cm³/mol. The summed E-state index contributed by atoms with van der Waals surface area (Å²) in [4.78, 5) is 12.1. The van der Waals surface area contributed by atoms with Gasteiger partial charge < -0.3 is 5.32 Å². The van der Waals surface area contributed by atoms with Crippen molar-refractivity contribution in [1.29, 1.82) is 0 Å². The maximum absolute atomic E-state index is 12.1. The van der Waals surface area contributed by atoms with Crippen molar-refractivity contribution in [1.82, 2.24) is 5.32 Å².